The van der Waals surface area contributed by atoms with Crippen LogP contribution in [0, 0.1) is 5.82 Å². The normalized spacial score (nSPS) is 10.9. The lowest BCUT2D eigenvalue weighted by Gasteiger charge is -2.09. The van der Waals surface area contributed by atoms with Crippen LogP contribution in [-0.2, 0) is 6.42 Å². The summed E-state index contributed by atoms with van der Waals surface area (Å²) in [5, 5.41) is 2.53. The second-order valence-electron chi connectivity index (χ2n) is 8.89. The van der Waals surface area contributed by atoms with Gasteiger partial charge in [-0.3, -0.25) is 19.8 Å². The van der Waals surface area contributed by atoms with Gasteiger partial charge in [0.1, 0.15) is 17.9 Å². The minimum absolute atomic E-state index is 0.244. The van der Waals surface area contributed by atoms with E-state index >= 15 is 0 Å². The fourth-order valence-corrected chi connectivity index (χ4v) is 4.11. The number of aromatic nitrogens is 2. The monoisotopic (exact) mass is 541 g/mol. The molecule has 3 aromatic carbocycles. The van der Waals surface area contributed by atoms with Crippen molar-refractivity contribution in [1.82, 2.24) is 9.97 Å². The minimum Gasteiger partial charge on any atom is -0.492 e. The van der Waals surface area contributed by atoms with E-state index in [9.17, 15) is 9.18 Å². The average molecular weight is 542 g/mol. The Hall–Kier alpha value is -4.16. The third-order valence-corrected chi connectivity index (χ3v) is 6.35. The van der Waals surface area contributed by atoms with E-state index in [0.29, 0.717) is 24.3 Å². The predicted molar refractivity (Wildman–Crippen MR) is 157 cm³/mol. The first-order chi connectivity index (χ1) is 19.1. The SMILES string of the molecule is CCCCN=Cc1ccc2nccc(Cl)c2c1.O=Cc1ccc2nccc(OCCc3ccc(F)cc3)c2c1. The van der Waals surface area contributed by atoms with Gasteiger partial charge in [0.25, 0.3) is 0 Å². The highest BCUT2D eigenvalue weighted by atomic mass is 35.5. The Labute approximate surface area is 232 Å². The van der Waals surface area contributed by atoms with E-state index in [2.05, 4.69) is 21.9 Å². The number of carbonyl (C=O) groups is 1. The topological polar surface area (TPSA) is 64.4 Å². The molecule has 5 aromatic rings. The summed E-state index contributed by atoms with van der Waals surface area (Å²) in [6.45, 7) is 3.52. The van der Waals surface area contributed by atoms with Gasteiger partial charge in [0.05, 0.1) is 22.7 Å². The summed E-state index contributed by atoms with van der Waals surface area (Å²) in [7, 11) is 0. The number of carbonyl (C=O) groups excluding carboxylic acids is 1. The first-order valence-electron chi connectivity index (χ1n) is 12.8. The van der Waals surface area contributed by atoms with Gasteiger partial charge in [-0.15, -0.1) is 0 Å². The molecule has 39 heavy (non-hydrogen) atoms. The molecule has 7 heteroatoms. The molecule has 0 saturated carbocycles. The summed E-state index contributed by atoms with van der Waals surface area (Å²) in [6.07, 6.45) is 9.08. The molecule has 0 aliphatic heterocycles. The first-order valence-corrected chi connectivity index (χ1v) is 13.2. The van der Waals surface area contributed by atoms with Crippen LogP contribution in [-0.4, -0.2) is 35.6 Å². The Bertz CT molecular complexity index is 1570. The second kappa shape index (κ2) is 14.1. The van der Waals surface area contributed by atoms with Crippen molar-refractivity contribution in [1.29, 1.82) is 0 Å². The van der Waals surface area contributed by atoms with E-state index in [4.69, 9.17) is 16.3 Å². The number of hydrogen-bond acceptors (Lipinski definition) is 5. The van der Waals surface area contributed by atoms with Gasteiger partial charge in [-0.25, -0.2) is 4.39 Å². The highest BCUT2D eigenvalue weighted by molar-refractivity contribution is 6.35. The average Bonchev–Trinajstić information content (AvgIpc) is 2.97. The molecule has 198 valence electrons. The maximum atomic E-state index is 12.9. The summed E-state index contributed by atoms with van der Waals surface area (Å²) >= 11 is 6.13. The molecule has 0 fully saturated rings. The van der Waals surface area contributed by atoms with E-state index in [-0.39, 0.29) is 5.82 Å². The fraction of sp³-hybridized carbons (Fsp3) is 0.188. The maximum Gasteiger partial charge on any atom is 0.150 e. The molecule has 0 saturated heterocycles. The van der Waals surface area contributed by atoms with Crippen molar-refractivity contribution in [3.63, 3.8) is 0 Å². The number of aldehydes is 1. The largest absolute Gasteiger partial charge is 0.492 e. The van der Waals surface area contributed by atoms with Gasteiger partial charge in [0.2, 0.25) is 0 Å². The summed E-state index contributed by atoms with van der Waals surface area (Å²) in [5.41, 5.74) is 4.37. The lowest BCUT2D eigenvalue weighted by molar-refractivity contribution is 0.112. The van der Waals surface area contributed by atoms with Crippen molar-refractivity contribution < 1.29 is 13.9 Å². The molecule has 0 radical (unpaired) electrons. The molecule has 0 bridgehead atoms. The quantitative estimate of drug-likeness (QED) is 0.108. The van der Waals surface area contributed by atoms with Gasteiger partial charge in [0, 0.05) is 47.9 Å². The van der Waals surface area contributed by atoms with Crippen molar-refractivity contribution in [2.24, 2.45) is 4.99 Å². The molecule has 2 heterocycles. The zero-order valence-electron chi connectivity index (χ0n) is 21.7. The minimum atomic E-state index is -0.244. The molecule has 5 nitrogen and oxygen atoms in total. The Kier molecular flexibility index (Phi) is 10.1. The second-order valence-corrected chi connectivity index (χ2v) is 9.29. The van der Waals surface area contributed by atoms with E-state index < -0.39 is 0 Å². The Morgan fingerprint density at radius 1 is 0.897 bits per heavy atom. The standard InChI is InChI=1S/C18H14FNO2.C14H15ClN2/c19-15-4-1-13(2-5-15)8-10-22-18-7-9-20-17-6-3-14(12-21)11-16(17)18;1-2-3-7-16-10-11-4-5-14-12(9-11)13(15)6-8-17-14/h1-7,9,11-12H,8,10H2;4-6,8-10H,2-3,7H2,1H3. The first kappa shape index (κ1) is 27.9. The zero-order chi connectivity index (χ0) is 27.5. The maximum absolute atomic E-state index is 12.9. The van der Waals surface area contributed by atoms with Crippen LogP contribution in [0.15, 0.2) is 90.2 Å². The molecule has 0 amide bonds. The highest BCUT2D eigenvalue weighted by Crippen LogP contribution is 2.25. The predicted octanol–water partition coefficient (Wildman–Crippen LogP) is 7.92. The van der Waals surface area contributed by atoms with E-state index in [1.807, 2.05) is 30.5 Å². The summed E-state index contributed by atoms with van der Waals surface area (Å²) in [5.74, 6) is 0.446. The van der Waals surface area contributed by atoms with Crippen molar-refractivity contribution in [3.05, 3.63) is 113 Å². The summed E-state index contributed by atoms with van der Waals surface area (Å²) < 4.78 is 18.7. The number of rotatable bonds is 9. The highest BCUT2D eigenvalue weighted by Gasteiger charge is 2.05. The number of ether oxygens (including phenoxy) is 1. The molecule has 0 unspecified atom stereocenters. The number of fused-ring (bicyclic) bond motifs is 2. The molecule has 5 rings (SSSR count). The number of pyridine rings is 2. The van der Waals surface area contributed by atoms with Crippen molar-refractivity contribution >= 4 is 45.9 Å². The van der Waals surface area contributed by atoms with Crippen molar-refractivity contribution in [2.45, 2.75) is 26.2 Å². The van der Waals surface area contributed by atoms with E-state index in [1.54, 1.807) is 48.8 Å². The van der Waals surface area contributed by atoms with Crippen LogP contribution in [0.5, 0.6) is 5.75 Å². The van der Waals surface area contributed by atoms with Gasteiger partial charge in [0.15, 0.2) is 0 Å². The van der Waals surface area contributed by atoms with Crippen LogP contribution in [0.3, 0.4) is 0 Å². The van der Waals surface area contributed by atoms with Gasteiger partial charge < -0.3 is 4.74 Å². The molecule has 0 N–H and O–H groups in total. The van der Waals surface area contributed by atoms with E-state index in [0.717, 1.165) is 57.2 Å². The van der Waals surface area contributed by atoms with Crippen LogP contribution >= 0.6 is 11.6 Å². The van der Waals surface area contributed by atoms with Gasteiger partial charge in [-0.1, -0.05) is 43.1 Å². The van der Waals surface area contributed by atoms with Crippen LogP contribution in [0.2, 0.25) is 5.02 Å². The van der Waals surface area contributed by atoms with Crippen LogP contribution < -0.4 is 4.74 Å². The van der Waals surface area contributed by atoms with Crippen LogP contribution in [0.25, 0.3) is 21.8 Å². The molecule has 0 atom stereocenters. The Balaban J connectivity index is 0.000000187. The smallest absolute Gasteiger partial charge is 0.150 e. The molecular formula is C32H29ClFN3O2. The Morgan fingerprint density at radius 3 is 2.33 bits per heavy atom. The number of benzene rings is 3. The van der Waals surface area contributed by atoms with Crippen LogP contribution in [0.4, 0.5) is 4.39 Å². The zero-order valence-corrected chi connectivity index (χ0v) is 22.4. The molecule has 0 aliphatic carbocycles. The number of unbranched alkanes of at least 4 members (excludes halogenated alkanes) is 1. The summed E-state index contributed by atoms with van der Waals surface area (Å²) in [6, 6.07) is 21.3. The van der Waals surface area contributed by atoms with Crippen LogP contribution in [0.1, 0.15) is 41.3 Å². The third-order valence-electron chi connectivity index (χ3n) is 6.02. The lowest BCUT2D eigenvalue weighted by atomic mass is 10.1. The number of hydrogen-bond donors (Lipinski definition) is 0. The molecule has 0 spiro atoms. The molecule has 2 aromatic heterocycles. The van der Waals surface area contributed by atoms with Crippen molar-refractivity contribution in [3.8, 4) is 5.75 Å². The molecule has 0 aliphatic rings. The van der Waals surface area contributed by atoms with E-state index in [1.165, 1.54) is 18.6 Å². The van der Waals surface area contributed by atoms with Gasteiger partial charge >= 0.3 is 0 Å². The van der Waals surface area contributed by atoms with Crippen molar-refractivity contribution in [2.75, 3.05) is 13.2 Å². The number of nitrogens with zero attached hydrogens (tertiary/aromatic N) is 3. The Morgan fingerprint density at radius 2 is 1.59 bits per heavy atom. The number of aliphatic imine (C=N–C) groups is 1. The number of halogens is 2. The third kappa shape index (κ3) is 7.91. The van der Waals surface area contributed by atoms with Gasteiger partial charge in [-0.05, 0) is 72.1 Å². The lowest BCUT2D eigenvalue weighted by Crippen LogP contribution is -2.02. The van der Waals surface area contributed by atoms with Gasteiger partial charge in [-0.2, -0.15) is 0 Å². The molecular weight excluding hydrogens is 513 g/mol. The fourth-order valence-electron chi connectivity index (χ4n) is 3.90. The summed E-state index contributed by atoms with van der Waals surface area (Å²) in [4.78, 5) is 23.8.